The highest BCUT2D eigenvalue weighted by Crippen LogP contribution is 2.42. The first-order valence-corrected chi connectivity index (χ1v) is 13.7. The first kappa shape index (κ1) is 31.6. The van der Waals surface area contributed by atoms with Gasteiger partial charge in [0.1, 0.15) is 23.0 Å². The normalized spacial score (nSPS) is 10.9. The van der Waals surface area contributed by atoms with E-state index in [9.17, 15) is 14.4 Å². The monoisotopic (exact) mass is 568 g/mol. The van der Waals surface area contributed by atoms with Crippen LogP contribution in [0.25, 0.3) is 22.3 Å². The van der Waals surface area contributed by atoms with Crippen LogP contribution in [0.15, 0.2) is 96.6 Å². The number of rotatable bonds is 12. The Bertz CT molecular complexity index is 1510. The SMILES string of the molecule is C=C(C)C(=O)Oc1ccc(-c2cc(OC(=O)/C(C)=C/C)c(-c3ccc(OC(=O)C(=C)C)cc3)cc2OCCCC)cc1. The molecule has 0 aliphatic heterocycles. The quantitative estimate of drug-likeness (QED) is 0.0946. The lowest BCUT2D eigenvalue weighted by Gasteiger charge is -2.18. The zero-order valence-electron chi connectivity index (χ0n) is 24.7. The van der Waals surface area contributed by atoms with Crippen LogP contribution in [0.3, 0.4) is 0 Å². The van der Waals surface area contributed by atoms with Gasteiger partial charge in [-0.2, -0.15) is 0 Å². The smallest absolute Gasteiger partial charge is 0.338 e. The third kappa shape index (κ3) is 8.30. The van der Waals surface area contributed by atoms with Gasteiger partial charge in [0.05, 0.1) is 6.61 Å². The summed E-state index contributed by atoms with van der Waals surface area (Å²) in [6.45, 7) is 16.4. The molecule has 0 aliphatic rings. The Kier molecular flexibility index (Phi) is 11.0. The van der Waals surface area contributed by atoms with E-state index in [4.69, 9.17) is 18.9 Å². The molecule has 0 unspecified atom stereocenters. The fourth-order valence-electron chi connectivity index (χ4n) is 3.63. The third-order valence-corrected chi connectivity index (χ3v) is 6.24. The molecule has 3 aromatic carbocycles. The molecule has 0 radical (unpaired) electrons. The van der Waals surface area contributed by atoms with Gasteiger partial charge in [0.15, 0.2) is 0 Å². The van der Waals surface area contributed by atoms with Crippen molar-refractivity contribution in [2.45, 2.75) is 47.5 Å². The number of esters is 3. The molecule has 0 atom stereocenters. The third-order valence-electron chi connectivity index (χ3n) is 6.24. The van der Waals surface area contributed by atoms with Crippen LogP contribution in [0.2, 0.25) is 0 Å². The Morgan fingerprint density at radius 1 is 0.690 bits per heavy atom. The van der Waals surface area contributed by atoms with Crippen LogP contribution in [-0.2, 0) is 14.4 Å². The van der Waals surface area contributed by atoms with E-state index in [0.717, 1.165) is 24.0 Å². The summed E-state index contributed by atoms with van der Waals surface area (Å²) in [5.74, 6) is 0.130. The maximum atomic E-state index is 12.9. The van der Waals surface area contributed by atoms with Gasteiger partial charge < -0.3 is 18.9 Å². The Morgan fingerprint density at radius 3 is 1.57 bits per heavy atom. The van der Waals surface area contributed by atoms with Crippen molar-refractivity contribution in [3.05, 3.63) is 96.6 Å². The molecule has 0 heterocycles. The number of carbonyl (C=O) groups is 3. The highest BCUT2D eigenvalue weighted by Gasteiger charge is 2.19. The number of ether oxygens (including phenoxy) is 4. The summed E-state index contributed by atoms with van der Waals surface area (Å²) in [4.78, 5) is 36.8. The van der Waals surface area contributed by atoms with E-state index >= 15 is 0 Å². The summed E-state index contributed by atoms with van der Waals surface area (Å²) in [7, 11) is 0. The number of hydrogen-bond donors (Lipinski definition) is 0. The number of carbonyl (C=O) groups excluding carboxylic acids is 3. The summed E-state index contributed by atoms with van der Waals surface area (Å²) in [6.07, 6.45) is 3.49. The summed E-state index contributed by atoms with van der Waals surface area (Å²) in [5.41, 5.74) is 3.85. The average Bonchev–Trinajstić information content (AvgIpc) is 2.97. The number of allylic oxidation sites excluding steroid dienone is 1. The van der Waals surface area contributed by atoms with Crippen LogP contribution >= 0.6 is 0 Å². The Balaban J connectivity index is 2.12. The average molecular weight is 569 g/mol. The minimum atomic E-state index is -0.518. The first-order valence-electron chi connectivity index (χ1n) is 13.7. The molecule has 7 nitrogen and oxygen atoms in total. The molecule has 0 aromatic heterocycles. The zero-order valence-corrected chi connectivity index (χ0v) is 24.7. The molecule has 7 heteroatoms. The summed E-state index contributed by atoms with van der Waals surface area (Å²) >= 11 is 0. The molecule has 218 valence electrons. The van der Waals surface area contributed by atoms with Crippen LogP contribution in [0.5, 0.6) is 23.0 Å². The second-order valence-electron chi connectivity index (χ2n) is 9.80. The van der Waals surface area contributed by atoms with Crippen LogP contribution in [0.1, 0.15) is 47.5 Å². The molecule has 0 N–H and O–H groups in total. The molecule has 0 saturated carbocycles. The van der Waals surface area contributed by atoms with Gasteiger partial charge in [0.2, 0.25) is 0 Å². The highest BCUT2D eigenvalue weighted by atomic mass is 16.5. The van der Waals surface area contributed by atoms with Crippen LogP contribution < -0.4 is 18.9 Å². The first-order chi connectivity index (χ1) is 20.0. The maximum Gasteiger partial charge on any atom is 0.338 e. The predicted octanol–water partition coefficient (Wildman–Crippen LogP) is 8.03. The van der Waals surface area contributed by atoms with E-state index in [1.807, 2.05) is 6.07 Å². The second kappa shape index (κ2) is 14.6. The van der Waals surface area contributed by atoms with Crippen LogP contribution in [0.4, 0.5) is 0 Å². The van der Waals surface area contributed by atoms with E-state index in [-0.39, 0.29) is 0 Å². The number of benzene rings is 3. The molecular weight excluding hydrogens is 532 g/mol. The van der Waals surface area contributed by atoms with Gasteiger partial charge in [-0.1, -0.05) is 56.8 Å². The molecule has 0 saturated heterocycles. The van der Waals surface area contributed by atoms with Gasteiger partial charge in [-0.05, 0) is 81.6 Å². The standard InChI is InChI=1S/C35H36O7/c1-8-10-19-39-31-20-30(26-13-17-28(18-14-26)41-34(37)23(5)6)32(42-35(38)24(7)9-2)21-29(31)25-11-15-27(16-12-25)40-33(36)22(3)4/h9,11-18,20-21H,3,5,8,10,19H2,1-2,4,6-7H3/b24-9+. The van der Waals surface area contributed by atoms with Crippen molar-refractivity contribution in [3.63, 3.8) is 0 Å². The molecule has 42 heavy (non-hydrogen) atoms. The van der Waals surface area contributed by atoms with Crippen molar-refractivity contribution >= 4 is 17.9 Å². The molecule has 3 aromatic rings. The lowest BCUT2D eigenvalue weighted by Crippen LogP contribution is -2.10. The molecule has 0 spiro atoms. The number of unbranched alkanes of at least 4 members (excludes halogenated alkanes) is 1. The zero-order chi connectivity index (χ0) is 30.8. The van der Waals surface area contributed by atoms with Crippen molar-refractivity contribution < 1.29 is 33.3 Å². The van der Waals surface area contributed by atoms with E-state index in [0.29, 0.717) is 57.5 Å². The lowest BCUT2D eigenvalue weighted by atomic mass is 9.97. The van der Waals surface area contributed by atoms with E-state index in [2.05, 4.69) is 20.1 Å². The predicted molar refractivity (Wildman–Crippen MR) is 164 cm³/mol. The van der Waals surface area contributed by atoms with Crippen molar-refractivity contribution in [1.82, 2.24) is 0 Å². The molecule has 3 rings (SSSR count). The van der Waals surface area contributed by atoms with E-state index in [1.165, 1.54) is 0 Å². The van der Waals surface area contributed by atoms with Gasteiger partial charge >= 0.3 is 17.9 Å². The van der Waals surface area contributed by atoms with Gasteiger partial charge in [-0.15, -0.1) is 0 Å². The van der Waals surface area contributed by atoms with Crippen molar-refractivity contribution in [3.8, 4) is 45.3 Å². The minimum Gasteiger partial charge on any atom is -0.493 e. The lowest BCUT2D eigenvalue weighted by molar-refractivity contribution is -0.131. The summed E-state index contributed by atoms with van der Waals surface area (Å²) in [5, 5.41) is 0. The molecule has 0 fully saturated rings. The highest BCUT2D eigenvalue weighted by molar-refractivity contribution is 5.92. The topological polar surface area (TPSA) is 88.1 Å². The van der Waals surface area contributed by atoms with Crippen LogP contribution in [0, 0.1) is 0 Å². The van der Waals surface area contributed by atoms with Gasteiger partial charge in [-0.3, -0.25) is 0 Å². The fourth-order valence-corrected chi connectivity index (χ4v) is 3.63. The molecular formula is C35H36O7. The van der Waals surface area contributed by atoms with Crippen molar-refractivity contribution in [2.75, 3.05) is 6.61 Å². The molecule has 0 aliphatic carbocycles. The molecule has 0 amide bonds. The van der Waals surface area contributed by atoms with E-state index < -0.39 is 17.9 Å². The van der Waals surface area contributed by atoms with E-state index in [1.54, 1.807) is 88.4 Å². The van der Waals surface area contributed by atoms with Crippen molar-refractivity contribution in [1.29, 1.82) is 0 Å². The Labute approximate surface area is 247 Å². The van der Waals surface area contributed by atoms with Crippen molar-refractivity contribution in [2.24, 2.45) is 0 Å². The minimum absolute atomic E-state index is 0.291. The maximum absolute atomic E-state index is 12.9. The van der Waals surface area contributed by atoms with Gasteiger partial charge in [0.25, 0.3) is 0 Å². The van der Waals surface area contributed by atoms with Crippen LogP contribution in [-0.4, -0.2) is 24.5 Å². The largest absolute Gasteiger partial charge is 0.493 e. The van der Waals surface area contributed by atoms with Gasteiger partial charge in [-0.25, -0.2) is 14.4 Å². The van der Waals surface area contributed by atoms with Gasteiger partial charge in [0, 0.05) is 27.8 Å². The number of hydrogen-bond acceptors (Lipinski definition) is 7. The summed E-state index contributed by atoms with van der Waals surface area (Å²) in [6, 6.07) is 17.4. The second-order valence-corrected chi connectivity index (χ2v) is 9.80. The Morgan fingerprint density at radius 2 is 1.14 bits per heavy atom. The molecule has 0 bridgehead atoms. The Hall–Kier alpha value is -4.91. The fraction of sp³-hybridized carbons (Fsp3) is 0.229. The summed E-state index contributed by atoms with van der Waals surface area (Å²) < 4.78 is 22.8.